The number of hydrogen-bond donors (Lipinski definition) is 2. The summed E-state index contributed by atoms with van der Waals surface area (Å²) in [5, 5.41) is 2.94. The molecule has 0 aromatic carbocycles. The maximum absolute atomic E-state index is 11.9. The van der Waals surface area contributed by atoms with Gasteiger partial charge in [-0.15, -0.1) is 12.4 Å². The number of nitrogens with zero attached hydrogens (tertiary/aromatic N) is 1. The SMILES string of the molecule is CCCC(C)(C)NC(=O)c1cccc(N)n1.Cl. The van der Waals surface area contributed by atoms with Gasteiger partial charge in [-0.25, -0.2) is 4.98 Å². The summed E-state index contributed by atoms with van der Waals surface area (Å²) in [6.07, 6.45) is 1.96. The molecule has 0 saturated heterocycles. The van der Waals surface area contributed by atoms with Crippen LogP contribution in [0.25, 0.3) is 0 Å². The van der Waals surface area contributed by atoms with E-state index in [-0.39, 0.29) is 23.9 Å². The van der Waals surface area contributed by atoms with Crippen molar-refractivity contribution in [3.05, 3.63) is 23.9 Å². The van der Waals surface area contributed by atoms with Gasteiger partial charge in [0.25, 0.3) is 5.91 Å². The standard InChI is InChI=1S/C12H19N3O.ClH/c1-4-8-12(2,3)15-11(16)9-6-5-7-10(13)14-9;/h5-7H,4,8H2,1-3H3,(H2,13,14)(H,15,16);1H. The first-order valence-electron chi connectivity index (χ1n) is 5.49. The van der Waals surface area contributed by atoms with Crippen molar-refractivity contribution < 1.29 is 4.79 Å². The molecule has 1 amide bonds. The molecular formula is C12H20ClN3O. The highest BCUT2D eigenvalue weighted by Crippen LogP contribution is 2.12. The predicted molar refractivity (Wildman–Crippen MR) is 72.4 cm³/mol. The summed E-state index contributed by atoms with van der Waals surface area (Å²) in [6.45, 7) is 6.09. The van der Waals surface area contributed by atoms with Gasteiger partial charge in [0, 0.05) is 5.54 Å². The van der Waals surface area contributed by atoms with Crippen molar-refractivity contribution in [1.29, 1.82) is 0 Å². The van der Waals surface area contributed by atoms with E-state index in [9.17, 15) is 4.79 Å². The molecule has 0 aliphatic carbocycles. The van der Waals surface area contributed by atoms with E-state index in [1.54, 1.807) is 18.2 Å². The van der Waals surface area contributed by atoms with Crippen molar-refractivity contribution in [1.82, 2.24) is 10.3 Å². The fourth-order valence-corrected chi connectivity index (χ4v) is 1.64. The zero-order valence-corrected chi connectivity index (χ0v) is 11.3. The molecule has 0 unspecified atom stereocenters. The maximum atomic E-state index is 11.9. The average Bonchev–Trinajstić information content (AvgIpc) is 2.16. The molecule has 1 heterocycles. The Hall–Kier alpha value is -1.29. The Morgan fingerprint density at radius 3 is 2.65 bits per heavy atom. The van der Waals surface area contributed by atoms with Crippen molar-refractivity contribution in [3.8, 4) is 0 Å². The van der Waals surface area contributed by atoms with E-state index in [0.717, 1.165) is 12.8 Å². The first kappa shape index (κ1) is 15.7. The highest BCUT2D eigenvalue weighted by atomic mass is 35.5. The highest BCUT2D eigenvalue weighted by Gasteiger charge is 2.20. The number of pyridine rings is 1. The van der Waals surface area contributed by atoms with Gasteiger partial charge >= 0.3 is 0 Å². The summed E-state index contributed by atoms with van der Waals surface area (Å²) in [4.78, 5) is 15.8. The Kier molecular flexibility index (Phi) is 5.96. The number of nitrogens with one attached hydrogen (secondary N) is 1. The largest absolute Gasteiger partial charge is 0.384 e. The number of rotatable bonds is 4. The van der Waals surface area contributed by atoms with Crippen LogP contribution >= 0.6 is 12.4 Å². The summed E-state index contributed by atoms with van der Waals surface area (Å²) in [5.41, 5.74) is 5.68. The van der Waals surface area contributed by atoms with Gasteiger partial charge in [0.15, 0.2) is 0 Å². The third-order valence-corrected chi connectivity index (χ3v) is 2.33. The molecule has 0 saturated carbocycles. The van der Waals surface area contributed by atoms with Crippen LogP contribution in [0.2, 0.25) is 0 Å². The van der Waals surface area contributed by atoms with Gasteiger partial charge in [0.2, 0.25) is 0 Å². The highest BCUT2D eigenvalue weighted by molar-refractivity contribution is 5.93. The summed E-state index contributed by atoms with van der Waals surface area (Å²) >= 11 is 0. The zero-order chi connectivity index (χ0) is 12.2. The number of nitrogens with two attached hydrogens (primary N) is 1. The Morgan fingerprint density at radius 2 is 2.12 bits per heavy atom. The lowest BCUT2D eigenvalue weighted by Gasteiger charge is -2.25. The third-order valence-electron chi connectivity index (χ3n) is 2.33. The molecule has 0 atom stereocenters. The van der Waals surface area contributed by atoms with Crippen molar-refractivity contribution in [2.45, 2.75) is 39.2 Å². The molecule has 1 aromatic rings. The first-order valence-corrected chi connectivity index (χ1v) is 5.49. The lowest BCUT2D eigenvalue weighted by atomic mass is 9.99. The molecule has 1 rings (SSSR count). The molecule has 5 heteroatoms. The minimum Gasteiger partial charge on any atom is -0.384 e. The average molecular weight is 258 g/mol. The summed E-state index contributed by atoms with van der Waals surface area (Å²) in [6, 6.07) is 5.05. The van der Waals surface area contributed by atoms with Crippen molar-refractivity contribution in [2.24, 2.45) is 0 Å². The molecule has 0 spiro atoms. The van der Waals surface area contributed by atoms with E-state index in [1.165, 1.54) is 0 Å². The number of carbonyl (C=O) groups excluding carboxylic acids is 1. The molecule has 0 fully saturated rings. The van der Waals surface area contributed by atoms with Gasteiger partial charge in [-0.3, -0.25) is 4.79 Å². The minimum absolute atomic E-state index is 0. The van der Waals surface area contributed by atoms with Crippen LogP contribution in [0.3, 0.4) is 0 Å². The van der Waals surface area contributed by atoms with Gasteiger partial charge in [-0.2, -0.15) is 0 Å². The van der Waals surface area contributed by atoms with Crippen LogP contribution in [0.5, 0.6) is 0 Å². The van der Waals surface area contributed by atoms with Gasteiger partial charge < -0.3 is 11.1 Å². The third kappa shape index (κ3) is 5.04. The van der Waals surface area contributed by atoms with Crippen molar-refractivity contribution >= 4 is 24.1 Å². The molecule has 0 radical (unpaired) electrons. The number of anilines is 1. The lowest BCUT2D eigenvalue weighted by Crippen LogP contribution is -2.43. The Morgan fingerprint density at radius 1 is 1.47 bits per heavy atom. The fourth-order valence-electron chi connectivity index (χ4n) is 1.64. The molecule has 96 valence electrons. The summed E-state index contributed by atoms with van der Waals surface area (Å²) < 4.78 is 0. The molecule has 4 nitrogen and oxygen atoms in total. The number of nitrogen functional groups attached to an aromatic ring is 1. The van der Waals surface area contributed by atoms with Crippen LogP contribution in [0, 0.1) is 0 Å². The fraction of sp³-hybridized carbons (Fsp3) is 0.500. The number of hydrogen-bond acceptors (Lipinski definition) is 3. The minimum atomic E-state index is -0.210. The second-order valence-corrected chi connectivity index (χ2v) is 4.54. The van der Waals surface area contributed by atoms with E-state index in [1.807, 2.05) is 13.8 Å². The molecule has 0 aliphatic heterocycles. The first-order chi connectivity index (χ1) is 7.44. The van der Waals surface area contributed by atoms with E-state index < -0.39 is 0 Å². The van der Waals surface area contributed by atoms with Crippen LogP contribution < -0.4 is 11.1 Å². The number of amides is 1. The Bertz CT molecular complexity index is 380. The number of halogens is 1. The van der Waals surface area contributed by atoms with E-state index in [2.05, 4.69) is 17.2 Å². The molecular weight excluding hydrogens is 238 g/mol. The molecule has 17 heavy (non-hydrogen) atoms. The topological polar surface area (TPSA) is 68.0 Å². The smallest absolute Gasteiger partial charge is 0.270 e. The number of carbonyl (C=O) groups is 1. The lowest BCUT2D eigenvalue weighted by molar-refractivity contribution is 0.0904. The predicted octanol–water partition coefficient (Wildman–Crippen LogP) is 2.39. The van der Waals surface area contributed by atoms with Crippen molar-refractivity contribution in [3.63, 3.8) is 0 Å². The van der Waals surface area contributed by atoms with Crippen LogP contribution in [-0.2, 0) is 0 Å². The Balaban J connectivity index is 0.00000256. The van der Waals surface area contributed by atoms with Crippen LogP contribution in [0.1, 0.15) is 44.1 Å². The van der Waals surface area contributed by atoms with Gasteiger partial charge in [0.1, 0.15) is 11.5 Å². The molecule has 0 bridgehead atoms. The monoisotopic (exact) mass is 257 g/mol. The number of aromatic nitrogens is 1. The van der Waals surface area contributed by atoms with Crippen LogP contribution in [0.4, 0.5) is 5.82 Å². The van der Waals surface area contributed by atoms with E-state index in [4.69, 9.17) is 5.73 Å². The second-order valence-electron chi connectivity index (χ2n) is 4.54. The van der Waals surface area contributed by atoms with Gasteiger partial charge in [0.05, 0.1) is 0 Å². The zero-order valence-electron chi connectivity index (χ0n) is 10.5. The summed E-state index contributed by atoms with van der Waals surface area (Å²) in [5.74, 6) is 0.187. The van der Waals surface area contributed by atoms with Crippen LogP contribution in [-0.4, -0.2) is 16.4 Å². The molecule has 3 N–H and O–H groups in total. The normalized spacial score (nSPS) is 10.5. The quantitative estimate of drug-likeness (QED) is 0.870. The van der Waals surface area contributed by atoms with E-state index in [0.29, 0.717) is 11.5 Å². The molecule has 1 aromatic heterocycles. The molecule has 0 aliphatic rings. The van der Waals surface area contributed by atoms with Crippen molar-refractivity contribution in [2.75, 3.05) is 5.73 Å². The van der Waals surface area contributed by atoms with Gasteiger partial charge in [-0.1, -0.05) is 19.4 Å². The van der Waals surface area contributed by atoms with Crippen LogP contribution in [0.15, 0.2) is 18.2 Å². The van der Waals surface area contributed by atoms with Gasteiger partial charge in [-0.05, 0) is 32.4 Å². The van der Waals surface area contributed by atoms with E-state index >= 15 is 0 Å². The maximum Gasteiger partial charge on any atom is 0.270 e. The summed E-state index contributed by atoms with van der Waals surface area (Å²) in [7, 11) is 0. The Labute approximate surface area is 108 Å². The second kappa shape index (κ2) is 6.45.